The number of fused-ring (bicyclic) bond motifs is 1. The summed E-state index contributed by atoms with van der Waals surface area (Å²) >= 11 is 3.13. The molecular formula is C20H24ClN3O2S2. The van der Waals surface area contributed by atoms with E-state index in [1.54, 1.807) is 29.4 Å². The molecule has 0 aliphatic carbocycles. The molecule has 1 amide bonds. The summed E-state index contributed by atoms with van der Waals surface area (Å²) in [5.74, 6) is 0.744. The van der Waals surface area contributed by atoms with Crippen LogP contribution in [0.25, 0.3) is 16.3 Å². The molecule has 5 nitrogen and oxygen atoms in total. The molecule has 1 aromatic carbocycles. The van der Waals surface area contributed by atoms with Crippen molar-refractivity contribution in [3.63, 3.8) is 0 Å². The molecule has 0 saturated heterocycles. The largest absolute Gasteiger partial charge is 0.497 e. The first kappa shape index (κ1) is 22.4. The highest BCUT2D eigenvalue weighted by Gasteiger charge is 2.18. The standard InChI is InChI=1S/C20H23N3O2S2.ClH/c1-22(2)11-5-12-23(19(24)10-8-16-6-4-13-26-16)20-21-17-9-7-15(25-3)14-18(17)27-20;/h4,6-10,13-14H,5,11-12H2,1-3H3;1H. The number of carbonyl (C=O) groups excluding carboxylic acids is 1. The number of nitrogens with zero attached hydrogens (tertiary/aromatic N) is 3. The van der Waals surface area contributed by atoms with Gasteiger partial charge in [-0.2, -0.15) is 0 Å². The zero-order valence-corrected chi connectivity index (χ0v) is 18.6. The van der Waals surface area contributed by atoms with E-state index in [0.29, 0.717) is 6.54 Å². The van der Waals surface area contributed by atoms with E-state index in [1.807, 2.05) is 55.9 Å². The molecule has 0 spiro atoms. The molecular weight excluding hydrogens is 414 g/mol. The molecule has 0 fully saturated rings. The van der Waals surface area contributed by atoms with Crippen molar-refractivity contribution < 1.29 is 9.53 Å². The van der Waals surface area contributed by atoms with Gasteiger partial charge in [0, 0.05) is 17.5 Å². The van der Waals surface area contributed by atoms with E-state index in [-0.39, 0.29) is 18.3 Å². The van der Waals surface area contributed by atoms with Crippen molar-refractivity contribution in [2.24, 2.45) is 0 Å². The minimum absolute atomic E-state index is 0. The van der Waals surface area contributed by atoms with Gasteiger partial charge in [0.1, 0.15) is 5.75 Å². The highest BCUT2D eigenvalue weighted by Crippen LogP contribution is 2.31. The molecule has 2 aromatic heterocycles. The van der Waals surface area contributed by atoms with Gasteiger partial charge in [0.2, 0.25) is 0 Å². The van der Waals surface area contributed by atoms with Crippen LogP contribution in [0.5, 0.6) is 5.75 Å². The third kappa shape index (κ3) is 5.78. The Bertz CT molecular complexity index is 923. The number of thiophene rings is 1. The minimum Gasteiger partial charge on any atom is -0.497 e. The Balaban J connectivity index is 0.00000280. The van der Waals surface area contributed by atoms with E-state index < -0.39 is 0 Å². The lowest BCUT2D eigenvalue weighted by Crippen LogP contribution is -2.32. The fourth-order valence-corrected chi connectivity index (χ4v) is 4.25. The summed E-state index contributed by atoms with van der Waals surface area (Å²) < 4.78 is 6.30. The maximum atomic E-state index is 12.9. The van der Waals surface area contributed by atoms with Gasteiger partial charge in [0.05, 0.1) is 17.3 Å². The molecule has 0 aliphatic rings. The third-order valence-electron chi connectivity index (χ3n) is 4.00. The van der Waals surface area contributed by atoms with E-state index in [4.69, 9.17) is 4.74 Å². The number of halogens is 1. The summed E-state index contributed by atoms with van der Waals surface area (Å²) in [5, 5.41) is 2.72. The van der Waals surface area contributed by atoms with Crippen LogP contribution < -0.4 is 9.64 Å². The fraction of sp³-hybridized carbons (Fsp3) is 0.300. The summed E-state index contributed by atoms with van der Waals surface area (Å²) in [7, 11) is 5.72. The Hall–Kier alpha value is -1.93. The molecule has 3 aromatic rings. The number of thiazole rings is 1. The third-order valence-corrected chi connectivity index (χ3v) is 5.88. The van der Waals surface area contributed by atoms with E-state index >= 15 is 0 Å². The summed E-state index contributed by atoms with van der Waals surface area (Å²) in [4.78, 5) is 22.5. The van der Waals surface area contributed by atoms with E-state index in [9.17, 15) is 4.79 Å². The minimum atomic E-state index is -0.0480. The summed E-state index contributed by atoms with van der Waals surface area (Å²) in [5.41, 5.74) is 0.878. The quantitative estimate of drug-likeness (QED) is 0.475. The van der Waals surface area contributed by atoms with Crippen molar-refractivity contribution in [3.8, 4) is 5.75 Å². The molecule has 28 heavy (non-hydrogen) atoms. The highest BCUT2D eigenvalue weighted by molar-refractivity contribution is 7.22. The van der Waals surface area contributed by atoms with Crippen LogP contribution in [-0.2, 0) is 4.79 Å². The number of amides is 1. The molecule has 0 atom stereocenters. The van der Waals surface area contributed by atoms with Gasteiger partial charge in [-0.25, -0.2) is 4.98 Å². The second-order valence-corrected chi connectivity index (χ2v) is 8.31. The van der Waals surface area contributed by atoms with E-state index in [0.717, 1.165) is 38.9 Å². The zero-order chi connectivity index (χ0) is 19.2. The molecule has 0 unspecified atom stereocenters. The predicted molar refractivity (Wildman–Crippen MR) is 122 cm³/mol. The van der Waals surface area contributed by atoms with E-state index in [1.165, 1.54) is 11.3 Å². The first-order chi connectivity index (χ1) is 13.1. The lowest BCUT2D eigenvalue weighted by atomic mass is 10.3. The van der Waals surface area contributed by atoms with Crippen molar-refractivity contribution in [2.75, 3.05) is 39.2 Å². The van der Waals surface area contributed by atoms with Crippen LogP contribution in [0, 0.1) is 0 Å². The van der Waals surface area contributed by atoms with Gasteiger partial charge < -0.3 is 9.64 Å². The van der Waals surface area contributed by atoms with Gasteiger partial charge in [0.25, 0.3) is 5.91 Å². The molecule has 0 aliphatic heterocycles. The maximum absolute atomic E-state index is 12.9. The summed E-state index contributed by atoms with van der Waals surface area (Å²) in [6, 6.07) is 9.75. The number of carbonyl (C=O) groups is 1. The lowest BCUT2D eigenvalue weighted by Gasteiger charge is -2.19. The van der Waals surface area contributed by atoms with Crippen LogP contribution in [0.3, 0.4) is 0 Å². The van der Waals surface area contributed by atoms with Gasteiger partial charge in [-0.1, -0.05) is 17.4 Å². The molecule has 0 saturated carbocycles. The van der Waals surface area contributed by atoms with Crippen LogP contribution in [0.1, 0.15) is 11.3 Å². The van der Waals surface area contributed by atoms with Crippen LogP contribution in [0.4, 0.5) is 5.13 Å². The Morgan fingerprint density at radius 1 is 1.25 bits per heavy atom. The van der Waals surface area contributed by atoms with Crippen molar-refractivity contribution in [1.82, 2.24) is 9.88 Å². The first-order valence-corrected chi connectivity index (χ1v) is 10.4. The summed E-state index contributed by atoms with van der Waals surface area (Å²) in [6.45, 7) is 1.54. The molecule has 3 rings (SSSR count). The Morgan fingerprint density at radius 3 is 2.75 bits per heavy atom. The van der Waals surface area contributed by atoms with Gasteiger partial charge in [0.15, 0.2) is 5.13 Å². The van der Waals surface area contributed by atoms with Crippen molar-refractivity contribution in [3.05, 3.63) is 46.7 Å². The number of hydrogen-bond acceptors (Lipinski definition) is 6. The zero-order valence-electron chi connectivity index (χ0n) is 16.1. The predicted octanol–water partition coefficient (Wildman–Crippen LogP) is 4.79. The van der Waals surface area contributed by atoms with Crippen LogP contribution in [0.15, 0.2) is 41.8 Å². The Kier molecular flexibility index (Phi) is 8.44. The van der Waals surface area contributed by atoms with Gasteiger partial charge in [-0.05, 0) is 62.8 Å². The Labute approximate surface area is 179 Å². The second-order valence-electron chi connectivity index (χ2n) is 6.33. The normalized spacial score (nSPS) is 11.1. The van der Waals surface area contributed by atoms with Gasteiger partial charge >= 0.3 is 0 Å². The van der Waals surface area contributed by atoms with Crippen molar-refractivity contribution >= 4 is 62.4 Å². The van der Waals surface area contributed by atoms with Crippen LogP contribution in [-0.4, -0.2) is 50.1 Å². The molecule has 2 heterocycles. The molecule has 8 heteroatoms. The smallest absolute Gasteiger partial charge is 0.252 e. The number of aromatic nitrogens is 1. The number of methoxy groups -OCH3 is 1. The lowest BCUT2D eigenvalue weighted by molar-refractivity contribution is -0.114. The number of hydrogen-bond donors (Lipinski definition) is 0. The SMILES string of the molecule is COc1ccc2nc(N(CCCN(C)C)C(=O)C=Cc3cccs3)sc2c1.Cl. The molecule has 0 radical (unpaired) electrons. The average molecular weight is 438 g/mol. The average Bonchev–Trinajstić information content (AvgIpc) is 3.31. The van der Waals surface area contributed by atoms with Crippen molar-refractivity contribution in [1.29, 1.82) is 0 Å². The van der Waals surface area contributed by atoms with E-state index in [2.05, 4.69) is 9.88 Å². The van der Waals surface area contributed by atoms with Gasteiger partial charge in [-0.3, -0.25) is 9.69 Å². The maximum Gasteiger partial charge on any atom is 0.252 e. The van der Waals surface area contributed by atoms with Crippen LogP contribution >= 0.6 is 35.1 Å². The topological polar surface area (TPSA) is 45.7 Å². The first-order valence-electron chi connectivity index (χ1n) is 8.69. The number of rotatable bonds is 8. The fourth-order valence-electron chi connectivity index (χ4n) is 2.61. The highest BCUT2D eigenvalue weighted by atomic mass is 35.5. The monoisotopic (exact) mass is 437 g/mol. The second kappa shape index (κ2) is 10.6. The Morgan fingerprint density at radius 2 is 2.07 bits per heavy atom. The molecule has 0 N–H and O–H groups in total. The van der Waals surface area contributed by atoms with Crippen molar-refractivity contribution in [2.45, 2.75) is 6.42 Å². The number of anilines is 1. The number of benzene rings is 1. The molecule has 150 valence electrons. The summed E-state index contributed by atoms with van der Waals surface area (Å²) in [6.07, 6.45) is 4.38. The molecule has 0 bridgehead atoms. The van der Waals surface area contributed by atoms with Gasteiger partial charge in [-0.15, -0.1) is 23.7 Å². The number of ether oxygens (including phenoxy) is 1. The van der Waals surface area contributed by atoms with Crippen LogP contribution in [0.2, 0.25) is 0 Å².